The van der Waals surface area contributed by atoms with Gasteiger partial charge in [-0.15, -0.1) is 11.3 Å². The first-order valence-electron chi connectivity index (χ1n) is 5.80. The molecule has 3 rings (SSSR count). The Morgan fingerprint density at radius 1 is 1.32 bits per heavy atom. The number of hydrogen-bond acceptors (Lipinski definition) is 4. The molecule has 0 aliphatic carbocycles. The number of carbonyl (C=O) groups is 1. The Balaban J connectivity index is 1.93. The summed E-state index contributed by atoms with van der Waals surface area (Å²) in [6.45, 7) is 1.87. The van der Waals surface area contributed by atoms with Crippen molar-refractivity contribution in [3.8, 4) is 0 Å². The van der Waals surface area contributed by atoms with Crippen molar-refractivity contribution in [2.24, 2.45) is 7.05 Å². The zero-order valence-corrected chi connectivity index (χ0v) is 11.4. The van der Waals surface area contributed by atoms with Gasteiger partial charge in [-0.2, -0.15) is 0 Å². The third kappa shape index (κ3) is 2.10. The molecule has 0 fully saturated rings. The van der Waals surface area contributed by atoms with Crippen LogP contribution >= 0.6 is 11.3 Å². The molecule has 3 aromatic rings. The predicted molar refractivity (Wildman–Crippen MR) is 75.5 cm³/mol. The van der Waals surface area contributed by atoms with Gasteiger partial charge >= 0.3 is 0 Å². The van der Waals surface area contributed by atoms with Crippen LogP contribution < -0.4 is 5.32 Å². The van der Waals surface area contributed by atoms with Crippen molar-refractivity contribution < 1.29 is 4.79 Å². The minimum atomic E-state index is -0.234. The molecule has 0 unspecified atom stereocenters. The molecule has 96 valence electrons. The first-order chi connectivity index (χ1) is 9.15. The predicted octanol–water partition coefficient (Wildman–Crippen LogP) is 2.59. The number of carbonyl (C=O) groups excluding carboxylic acids is 1. The van der Waals surface area contributed by atoms with E-state index in [1.165, 1.54) is 11.3 Å². The van der Waals surface area contributed by atoms with E-state index in [0.717, 1.165) is 16.0 Å². The second-order valence-electron chi connectivity index (χ2n) is 4.19. The maximum absolute atomic E-state index is 12.0. The molecule has 0 aliphatic heterocycles. The van der Waals surface area contributed by atoms with Crippen molar-refractivity contribution in [2.45, 2.75) is 6.92 Å². The highest BCUT2D eigenvalue weighted by Gasteiger charge is 2.13. The van der Waals surface area contributed by atoms with Gasteiger partial charge in [0.05, 0.1) is 16.0 Å². The van der Waals surface area contributed by atoms with Crippen molar-refractivity contribution in [3.63, 3.8) is 0 Å². The van der Waals surface area contributed by atoms with Crippen LogP contribution in [0.2, 0.25) is 0 Å². The molecular weight excluding hydrogens is 260 g/mol. The van der Waals surface area contributed by atoms with Gasteiger partial charge in [-0.3, -0.25) is 10.1 Å². The van der Waals surface area contributed by atoms with E-state index in [-0.39, 0.29) is 5.91 Å². The molecule has 6 heteroatoms. The standard InChI is InChI=1S/C13H12N4OS/c1-8-14-10(7-19-8)12(18)16-13-15-9-5-3-4-6-11(9)17(13)2/h3-7H,1-2H3,(H,15,16,18). The number of thiazole rings is 1. The maximum atomic E-state index is 12.0. The van der Waals surface area contributed by atoms with E-state index in [4.69, 9.17) is 0 Å². The summed E-state index contributed by atoms with van der Waals surface area (Å²) in [5.41, 5.74) is 2.26. The third-order valence-corrected chi connectivity index (χ3v) is 3.64. The molecule has 1 N–H and O–H groups in total. The summed E-state index contributed by atoms with van der Waals surface area (Å²) >= 11 is 1.45. The summed E-state index contributed by atoms with van der Waals surface area (Å²) in [7, 11) is 1.87. The van der Waals surface area contributed by atoms with E-state index in [1.54, 1.807) is 5.38 Å². The SMILES string of the molecule is Cc1nc(C(=O)Nc2nc3ccccc3n2C)cs1. The highest BCUT2D eigenvalue weighted by molar-refractivity contribution is 7.09. The maximum Gasteiger partial charge on any atom is 0.277 e. The van der Waals surface area contributed by atoms with Crippen molar-refractivity contribution in [1.82, 2.24) is 14.5 Å². The van der Waals surface area contributed by atoms with E-state index in [0.29, 0.717) is 11.6 Å². The van der Waals surface area contributed by atoms with Gasteiger partial charge in [0, 0.05) is 12.4 Å². The molecule has 0 aliphatic rings. The fraction of sp³-hybridized carbons (Fsp3) is 0.154. The lowest BCUT2D eigenvalue weighted by Crippen LogP contribution is -2.15. The summed E-state index contributed by atoms with van der Waals surface area (Å²) in [6, 6.07) is 7.74. The number of amides is 1. The number of rotatable bonds is 2. The van der Waals surface area contributed by atoms with Gasteiger partial charge in [0.15, 0.2) is 0 Å². The van der Waals surface area contributed by atoms with Gasteiger partial charge in [0.1, 0.15) is 5.69 Å². The average Bonchev–Trinajstić information content (AvgIpc) is 2.96. The number of fused-ring (bicyclic) bond motifs is 1. The van der Waals surface area contributed by atoms with Gasteiger partial charge in [-0.25, -0.2) is 9.97 Å². The van der Waals surface area contributed by atoms with Crippen molar-refractivity contribution >= 4 is 34.2 Å². The van der Waals surface area contributed by atoms with Crippen molar-refractivity contribution in [1.29, 1.82) is 0 Å². The van der Waals surface area contributed by atoms with E-state index in [1.807, 2.05) is 42.8 Å². The van der Waals surface area contributed by atoms with Crippen LogP contribution in [0.25, 0.3) is 11.0 Å². The molecule has 2 aromatic heterocycles. The summed E-state index contributed by atoms with van der Waals surface area (Å²) in [5, 5.41) is 5.40. The Morgan fingerprint density at radius 3 is 2.79 bits per heavy atom. The van der Waals surface area contributed by atoms with E-state index in [2.05, 4.69) is 15.3 Å². The van der Waals surface area contributed by atoms with Gasteiger partial charge in [-0.1, -0.05) is 12.1 Å². The summed E-state index contributed by atoms with van der Waals surface area (Å²) in [4.78, 5) is 20.6. The van der Waals surface area contributed by atoms with Crippen LogP contribution in [0.1, 0.15) is 15.5 Å². The lowest BCUT2D eigenvalue weighted by atomic mass is 10.3. The van der Waals surface area contributed by atoms with Crippen LogP contribution in [0, 0.1) is 6.92 Å². The minimum Gasteiger partial charge on any atom is -0.313 e. The number of benzene rings is 1. The first-order valence-corrected chi connectivity index (χ1v) is 6.68. The Hall–Kier alpha value is -2.21. The number of imidazole rings is 1. The molecule has 0 saturated heterocycles. The highest BCUT2D eigenvalue weighted by Crippen LogP contribution is 2.18. The number of anilines is 1. The lowest BCUT2D eigenvalue weighted by molar-refractivity contribution is 0.102. The van der Waals surface area contributed by atoms with Gasteiger partial charge < -0.3 is 4.57 Å². The van der Waals surface area contributed by atoms with Crippen LogP contribution in [0.15, 0.2) is 29.6 Å². The van der Waals surface area contributed by atoms with Gasteiger partial charge in [0.25, 0.3) is 5.91 Å². The largest absolute Gasteiger partial charge is 0.313 e. The van der Waals surface area contributed by atoms with Crippen LogP contribution in [-0.2, 0) is 7.05 Å². The molecule has 0 atom stereocenters. The number of hydrogen-bond donors (Lipinski definition) is 1. The molecule has 2 heterocycles. The van der Waals surface area contributed by atoms with E-state index < -0.39 is 0 Å². The average molecular weight is 272 g/mol. The van der Waals surface area contributed by atoms with Crippen LogP contribution in [-0.4, -0.2) is 20.4 Å². The Morgan fingerprint density at radius 2 is 2.11 bits per heavy atom. The summed E-state index contributed by atoms with van der Waals surface area (Å²) in [6.07, 6.45) is 0. The Kier molecular flexibility index (Phi) is 2.79. The second-order valence-corrected chi connectivity index (χ2v) is 5.25. The van der Waals surface area contributed by atoms with E-state index in [9.17, 15) is 4.79 Å². The zero-order chi connectivity index (χ0) is 13.4. The minimum absolute atomic E-state index is 0.234. The number of aryl methyl sites for hydroxylation is 2. The molecule has 19 heavy (non-hydrogen) atoms. The first kappa shape index (κ1) is 11.9. The van der Waals surface area contributed by atoms with E-state index >= 15 is 0 Å². The Labute approximate surface area is 113 Å². The lowest BCUT2D eigenvalue weighted by Gasteiger charge is -2.02. The van der Waals surface area contributed by atoms with Crippen LogP contribution in [0.3, 0.4) is 0 Å². The number of para-hydroxylation sites is 2. The highest BCUT2D eigenvalue weighted by atomic mass is 32.1. The van der Waals surface area contributed by atoms with Crippen LogP contribution in [0.5, 0.6) is 0 Å². The molecule has 1 aromatic carbocycles. The monoisotopic (exact) mass is 272 g/mol. The van der Waals surface area contributed by atoms with Crippen molar-refractivity contribution in [2.75, 3.05) is 5.32 Å². The van der Waals surface area contributed by atoms with Crippen molar-refractivity contribution in [3.05, 3.63) is 40.3 Å². The summed E-state index contributed by atoms with van der Waals surface area (Å²) in [5.74, 6) is 0.291. The molecular formula is C13H12N4OS. The smallest absolute Gasteiger partial charge is 0.277 e. The fourth-order valence-corrected chi connectivity index (χ4v) is 2.48. The second kappa shape index (κ2) is 4.47. The topological polar surface area (TPSA) is 59.8 Å². The number of aromatic nitrogens is 3. The molecule has 5 nitrogen and oxygen atoms in total. The quantitative estimate of drug-likeness (QED) is 0.780. The molecule has 0 saturated carbocycles. The van der Waals surface area contributed by atoms with Crippen LogP contribution in [0.4, 0.5) is 5.95 Å². The molecule has 0 radical (unpaired) electrons. The van der Waals surface area contributed by atoms with Gasteiger partial charge in [-0.05, 0) is 19.1 Å². The number of nitrogens with zero attached hydrogens (tertiary/aromatic N) is 3. The summed E-state index contributed by atoms with van der Waals surface area (Å²) < 4.78 is 1.85. The number of nitrogens with one attached hydrogen (secondary N) is 1. The molecule has 0 bridgehead atoms. The van der Waals surface area contributed by atoms with Gasteiger partial charge in [0.2, 0.25) is 5.95 Å². The Bertz CT molecular complexity index is 759. The molecule has 0 spiro atoms. The third-order valence-electron chi connectivity index (χ3n) is 2.86. The normalized spacial score (nSPS) is 10.8. The molecule has 1 amide bonds. The zero-order valence-electron chi connectivity index (χ0n) is 10.5. The fourth-order valence-electron chi connectivity index (χ4n) is 1.89.